The highest BCUT2D eigenvalue weighted by molar-refractivity contribution is 7.92. The fraction of sp³-hybridized carbons (Fsp3) is 0.632. The highest BCUT2D eigenvalue weighted by atomic mass is 32.2. The number of piperazine rings is 1. The van der Waals surface area contributed by atoms with E-state index in [-0.39, 0.29) is 18.9 Å². The zero-order chi connectivity index (χ0) is 19.3. The number of rotatable bonds is 7. The molecule has 0 N–H and O–H groups in total. The van der Waals surface area contributed by atoms with Gasteiger partial charge >= 0.3 is 0 Å². The summed E-state index contributed by atoms with van der Waals surface area (Å²) >= 11 is 0. The molecule has 1 aromatic carbocycles. The number of carbonyl (C=O) groups excluding carboxylic acids is 1. The number of hydrogen-bond acceptors (Lipinski definition) is 4. The van der Waals surface area contributed by atoms with Crippen molar-refractivity contribution in [3.05, 3.63) is 29.3 Å². The molecule has 146 valence electrons. The number of para-hydroxylation sites is 1. The van der Waals surface area contributed by atoms with E-state index < -0.39 is 10.0 Å². The van der Waals surface area contributed by atoms with E-state index in [1.807, 2.05) is 36.9 Å². The van der Waals surface area contributed by atoms with Crippen LogP contribution in [0, 0.1) is 6.92 Å². The summed E-state index contributed by atoms with van der Waals surface area (Å²) in [6.07, 6.45) is 2.16. The van der Waals surface area contributed by atoms with Gasteiger partial charge < -0.3 is 9.80 Å². The van der Waals surface area contributed by atoms with Crippen LogP contribution in [0.4, 0.5) is 5.69 Å². The molecule has 0 radical (unpaired) electrons. The molecule has 0 spiro atoms. The smallest absolute Gasteiger partial charge is 0.232 e. The van der Waals surface area contributed by atoms with E-state index >= 15 is 0 Å². The number of carbonyl (C=O) groups is 1. The lowest BCUT2D eigenvalue weighted by atomic mass is 10.1. The molecule has 2 rings (SSSR count). The molecular formula is C19H31N3O3S. The van der Waals surface area contributed by atoms with Crippen LogP contribution in [0.3, 0.4) is 0 Å². The summed E-state index contributed by atoms with van der Waals surface area (Å²) in [4.78, 5) is 16.7. The van der Waals surface area contributed by atoms with Crippen LogP contribution in [-0.4, -0.2) is 69.6 Å². The van der Waals surface area contributed by atoms with E-state index in [4.69, 9.17) is 0 Å². The van der Waals surface area contributed by atoms with E-state index in [9.17, 15) is 13.2 Å². The molecule has 6 nitrogen and oxygen atoms in total. The summed E-state index contributed by atoms with van der Waals surface area (Å²) in [5.74, 6) is 0.0287. The summed E-state index contributed by atoms with van der Waals surface area (Å²) in [6.45, 7) is 10.4. The van der Waals surface area contributed by atoms with Crippen molar-refractivity contribution in [3.8, 4) is 0 Å². The fourth-order valence-electron chi connectivity index (χ4n) is 3.47. The number of aryl methyl sites for hydroxylation is 2. The Morgan fingerprint density at radius 3 is 2.35 bits per heavy atom. The molecule has 0 aliphatic carbocycles. The van der Waals surface area contributed by atoms with Crippen LogP contribution >= 0.6 is 0 Å². The number of amides is 1. The number of anilines is 1. The van der Waals surface area contributed by atoms with Gasteiger partial charge in [-0.25, -0.2) is 8.42 Å². The summed E-state index contributed by atoms with van der Waals surface area (Å²) in [6, 6.07) is 5.81. The largest absolute Gasteiger partial charge is 0.340 e. The zero-order valence-electron chi connectivity index (χ0n) is 16.4. The highest BCUT2D eigenvalue weighted by Crippen LogP contribution is 2.28. The van der Waals surface area contributed by atoms with Gasteiger partial charge in [-0.05, 0) is 31.0 Å². The number of sulfonamides is 1. The summed E-state index contributed by atoms with van der Waals surface area (Å²) in [5, 5.41) is 0. The fourth-order valence-corrected chi connectivity index (χ4v) is 4.49. The quantitative estimate of drug-likeness (QED) is 0.724. The summed E-state index contributed by atoms with van der Waals surface area (Å²) < 4.78 is 26.2. The Kier molecular flexibility index (Phi) is 7.06. The predicted octanol–water partition coefficient (Wildman–Crippen LogP) is 1.88. The molecule has 7 heteroatoms. The molecule has 0 atom stereocenters. The summed E-state index contributed by atoms with van der Waals surface area (Å²) in [7, 11) is -3.46. The van der Waals surface area contributed by atoms with Crippen LogP contribution in [0.15, 0.2) is 18.2 Å². The van der Waals surface area contributed by atoms with Crippen molar-refractivity contribution in [1.29, 1.82) is 0 Å². The SMILES string of the molecule is CCc1cccc(C)c1N(CCC(=O)N1CCN(CC)CC1)S(C)(=O)=O. The third-order valence-corrected chi connectivity index (χ3v) is 6.22. The van der Waals surface area contributed by atoms with Gasteiger partial charge in [-0.15, -0.1) is 0 Å². The lowest BCUT2D eigenvalue weighted by molar-refractivity contribution is -0.132. The minimum Gasteiger partial charge on any atom is -0.340 e. The molecule has 0 aromatic heterocycles. The Labute approximate surface area is 157 Å². The third-order valence-electron chi connectivity index (χ3n) is 5.05. The van der Waals surface area contributed by atoms with Crippen LogP contribution in [0.5, 0.6) is 0 Å². The van der Waals surface area contributed by atoms with E-state index in [1.165, 1.54) is 10.6 Å². The van der Waals surface area contributed by atoms with Crippen molar-refractivity contribution in [3.63, 3.8) is 0 Å². The standard InChI is InChI=1S/C19H31N3O3S/c1-5-17-9-7-8-16(3)19(17)22(26(4,24)25)11-10-18(23)21-14-12-20(6-2)13-15-21/h7-9H,5-6,10-15H2,1-4H3. The van der Waals surface area contributed by atoms with Crippen LogP contribution in [-0.2, 0) is 21.2 Å². The van der Waals surface area contributed by atoms with E-state index in [1.54, 1.807) is 0 Å². The van der Waals surface area contributed by atoms with Gasteiger partial charge in [-0.2, -0.15) is 0 Å². The molecule has 26 heavy (non-hydrogen) atoms. The van der Waals surface area contributed by atoms with Gasteiger partial charge in [0.15, 0.2) is 0 Å². The molecule has 0 unspecified atom stereocenters. The lowest BCUT2D eigenvalue weighted by Crippen LogP contribution is -2.49. The van der Waals surface area contributed by atoms with Gasteiger partial charge in [-0.3, -0.25) is 9.10 Å². The number of nitrogens with zero attached hydrogens (tertiary/aromatic N) is 3. The first-order chi connectivity index (χ1) is 12.3. The minimum absolute atomic E-state index is 0.0287. The molecular weight excluding hydrogens is 350 g/mol. The Morgan fingerprint density at radius 1 is 1.15 bits per heavy atom. The molecule has 1 saturated heterocycles. The first-order valence-corrected chi connectivity index (χ1v) is 11.2. The van der Waals surface area contributed by atoms with E-state index in [2.05, 4.69) is 11.8 Å². The Bertz CT molecular complexity index is 726. The van der Waals surface area contributed by atoms with E-state index in [0.29, 0.717) is 0 Å². The van der Waals surface area contributed by atoms with E-state index in [0.717, 1.165) is 56.0 Å². The first-order valence-electron chi connectivity index (χ1n) is 9.34. The van der Waals surface area contributed by atoms with Crippen molar-refractivity contribution in [2.24, 2.45) is 0 Å². The average molecular weight is 382 g/mol. The molecule has 1 amide bonds. The van der Waals surface area contributed by atoms with Gasteiger partial charge in [0.2, 0.25) is 15.9 Å². The second-order valence-corrected chi connectivity index (χ2v) is 8.74. The molecule has 0 saturated carbocycles. The van der Waals surface area contributed by atoms with Crippen LogP contribution < -0.4 is 4.31 Å². The maximum Gasteiger partial charge on any atom is 0.232 e. The minimum atomic E-state index is -3.46. The number of hydrogen-bond donors (Lipinski definition) is 0. The normalized spacial score (nSPS) is 15.9. The van der Waals surface area contributed by atoms with Crippen molar-refractivity contribution in [2.75, 3.05) is 49.8 Å². The van der Waals surface area contributed by atoms with Crippen LogP contribution in [0.2, 0.25) is 0 Å². The van der Waals surface area contributed by atoms with Crippen molar-refractivity contribution >= 4 is 21.6 Å². The molecule has 1 fully saturated rings. The third kappa shape index (κ3) is 4.98. The molecule has 0 bridgehead atoms. The molecule has 1 aromatic rings. The number of benzene rings is 1. The average Bonchev–Trinajstić information content (AvgIpc) is 2.61. The van der Waals surface area contributed by atoms with Crippen molar-refractivity contribution in [2.45, 2.75) is 33.6 Å². The Morgan fingerprint density at radius 2 is 1.81 bits per heavy atom. The second kappa shape index (κ2) is 8.86. The van der Waals surface area contributed by atoms with Crippen LogP contribution in [0.25, 0.3) is 0 Å². The maximum absolute atomic E-state index is 12.6. The van der Waals surface area contributed by atoms with Gasteiger partial charge in [-0.1, -0.05) is 32.0 Å². The molecule has 1 aliphatic rings. The molecule has 1 aliphatic heterocycles. The predicted molar refractivity (Wildman–Crippen MR) is 106 cm³/mol. The lowest BCUT2D eigenvalue weighted by Gasteiger charge is -2.34. The first kappa shape index (κ1) is 20.7. The van der Waals surface area contributed by atoms with Gasteiger partial charge in [0, 0.05) is 39.1 Å². The van der Waals surface area contributed by atoms with Crippen molar-refractivity contribution < 1.29 is 13.2 Å². The number of likely N-dealkylation sites (N-methyl/N-ethyl adjacent to an activating group) is 1. The topological polar surface area (TPSA) is 60.9 Å². The van der Waals surface area contributed by atoms with Crippen LogP contribution in [0.1, 0.15) is 31.4 Å². The van der Waals surface area contributed by atoms with Crippen molar-refractivity contribution in [1.82, 2.24) is 9.80 Å². The molecule has 1 heterocycles. The zero-order valence-corrected chi connectivity index (χ0v) is 17.2. The van der Waals surface area contributed by atoms with Gasteiger partial charge in [0.25, 0.3) is 0 Å². The van der Waals surface area contributed by atoms with Gasteiger partial charge in [0.1, 0.15) is 0 Å². The Hall–Kier alpha value is -1.60. The maximum atomic E-state index is 12.6. The Balaban J connectivity index is 2.12. The highest BCUT2D eigenvalue weighted by Gasteiger charge is 2.25. The second-order valence-electron chi connectivity index (χ2n) is 6.84. The monoisotopic (exact) mass is 381 g/mol. The van der Waals surface area contributed by atoms with Gasteiger partial charge in [0.05, 0.1) is 11.9 Å². The summed E-state index contributed by atoms with van der Waals surface area (Å²) in [5.41, 5.74) is 2.62.